The highest BCUT2D eigenvalue weighted by molar-refractivity contribution is 5.75. The first kappa shape index (κ1) is 13.7. The van der Waals surface area contributed by atoms with Crippen molar-refractivity contribution in [3.8, 4) is 0 Å². The summed E-state index contributed by atoms with van der Waals surface area (Å²) >= 11 is 0. The minimum atomic E-state index is -0.865. The molecule has 0 heterocycles. The van der Waals surface area contributed by atoms with E-state index in [1.165, 1.54) is 0 Å². The molecule has 15 heavy (non-hydrogen) atoms. The highest BCUT2D eigenvalue weighted by Gasteiger charge is 2.16. The molecule has 1 unspecified atom stereocenters. The Bertz CT molecular complexity index is 219. The second kappa shape index (κ2) is 7.09. The van der Waals surface area contributed by atoms with Crippen LogP contribution < -0.4 is 5.32 Å². The SMILES string of the molecule is CCCN(C)C(=O)NCC(CC)C(=O)O. The van der Waals surface area contributed by atoms with Crippen molar-refractivity contribution in [2.24, 2.45) is 5.92 Å². The van der Waals surface area contributed by atoms with Crippen LogP contribution in [0.3, 0.4) is 0 Å². The second-order valence-corrected chi connectivity index (χ2v) is 3.55. The number of nitrogens with zero attached hydrogens (tertiary/aromatic N) is 1. The molecular formula is C10H20N2O3. The van der Waals surface area contributed by atoms with Crippen molar-refractivity contribution in [1.29, 1.82) is 0 Å². The van der Waals surface area contributed by atoms with Crippen LogP contribution >= 0.6 is 0 Å². The number of amides is 2. The zero-order chi connectivity index (χ0) is 11.8. The largest absolute Gasteiger partial charge is 0.481 e. The number of carbonyl (C=O) groups excluding carboxylic acids is 1. The third-order valence-corrected chi connectivity index (χ3v) is 2.25. The molecule has 0 aromatic rings. The van der Waals surface area contributed by atoms with Gasteiger partial charge in [0.2, 0.25) is 0 Å². The summed E-state index contributed by atoms with van der Waals surface area (Å²) in [6, 6.07) is -0.212. The van der Waals surface area contributed by atoms with Crippen LogP contribution in [0.15, 0.2) is 0 Å². The normalized spacial score (nSPS) is 11.9. The molecule has 0 fully saturated rings. The Hall–Kier alpha value is -1.26. The first-order chi connectivity index (χ1) is 7.02. The molecule has 1 atom stereocenters. The van der Waals surface area contributed by atoms with Gasteiger partial charge in [-0.1, -0.05) is 13.8 Å². The van der Waals surface area contributed by atoms with Gasteiger partial charge in [-0.15, -0.1) is 0 Å². The molecule has 0 rings (SSSR count). The van der Waals surface area contributed by atoms with E-state index in [0.29, 0.717) is 13.0 Å². The molecule has 5 heteroatoms. The smallest absolute Gasteiger partial charge is 0.317 e. The van der Waals surface area contributed by atoms with E-state index in [9.17, 15) is 9.59 Å². The molecule has 0 bridgehead atoms. The molecule has 88 valence electrons. The van der Waals surface area contributed by atoms with Crippen LogP contribution in [0.1, 0.15) is 26.7 Å². The van der Waals surface area contributed by atoms with Gasteiger partial charge in [0.15, 0.2) is 0 Å². The Labute approximate surface area is 90.5 Å². The average Bonchev–Trinajstić information content (AvgIpc) is 2.18. The lowest BCUT2D eigenvalue weighted by Gasteiger charge is -2.18. The maximum Gasteiger partial charge on any atom is 0.317 e. The van der Waals surface area contributed by atoms with Crippen LogP contribution in [-0.4, -0.2) is 42.1 Å². The van der Waals surface area contributed by atoms with Crippen LogP contribution in [0.2, 0.25) is 0 Å². The highest BCUT2D eigenvalue weighted by Crippen LogP contribution is 2.00. The molecule has 2 amide bonds. The van der Waals surface area contributed by atoms with E-state index in [1.54, 1.807) is 18.9 Å². The molecule has 0 aromatic carbocycles. The van der Waals surface area contributed by atoms with Gasteiger partial charge in [0.25, 0.3) is 0 Å². The van der Waals surface area contributed by atoms with Crippen molar-refractivity contribution in [2.45, 2.75) is 26.7 Å². The molecule has 0 aliphatic rings. The van der Waals surface area contributed by atoms with Gasteiger partial charge in [-0.2, -0.15) is 0 Å². The molecule has 5 nitrogen and oxygen atoms in total. The van der Waals surface area contributed by atoms with Crippen LogP contribution in [0.5, 0.6) is 0 Å². The fourth-order valence-electron chi connectivity index (χ4n) is 1.19. The Kier molecular flexibility index (Phi) is 6.49. The number of hydrogen-bond donors (Lipinski definition) is 2. The number of nitrogens with one attached hydrogen (secondary N) is 1. The van der Waals surface area contributed by atoms with Crippen molar-refractivity contribution in [3.63, 3.8) is 0 Å². The van der Waals surface area contributed by atoms with E-state index < -0.39 is 11.9 Å². The molecule has 0 spiro atoms. The number of aliphatic carboxylic acids is 1. The third-order valence-electron chi connectivity index (χ3n) is 2.25. The van der Waals surface area contributed by atoms with E-state index in [2.05, 4.69) is 5.32 Å². The van der Waals surface area contributed by atoms with Crippen molar-refractivity contribution in [2.75, 3.05) is 20.1 Å². The van der Waals surface area contributed by atoms with Gasteiger partial charge in [-0.25, -0.2) is 4.79 Å². The van der Waals surface area contributed by atoms with Gasteiger partial charge in [-0.05, 0) is 12.8 Å². The third kappa shape index (κ3) is 5.24. The molecule has 0 aliphatic heterocycles. The van der Waals surface area contributed by atoms with Crippen molar-refractivity contribution >= 4 is 12.0 Å². The van der Waals surface area contributed by atoms with E-state index >= 15 is 0 Å². The standard InChI is InChI=1S/C10H20N2O3/c1-4-6-12(3)10(15)11-7-8(5-2)9(13)14/h8H,4-7H2,1-3H3,(H,11,15)(H,13,14). The zero-order valence-electron chi connectivity index (χ0n) is 9.62. The lowest BCUT2D eigenvalue weighted by atomic mass is 10.1. The van der Waals surface area contributed by atoms with Gasteiger partial charge >= 0.3 is 12.0 Å². The topological polar surface area (TPSA) is 69.6 Å². The average molecular weight is 216 g/mol. The summed E-state index contributed by atoms with van der Waals surface area (Å²) in [5, 5.41) is 11.4. The Balaban J connectivity index is 3.92. The fraction of sp³-hybridized carbons (Fsp3) is 0.800. The minimum Gasteiger partial charge on any atom is -0.481 e. The molecule has 0 aromatic heterocycles. The van der Waals surface area contributed by atoms with Crippen LogP contribution in [0.25, 0.3) is 0 Å². The first-order valence-corrected chi connectivity index (χ1v) is 5.24. The summed E-state index contributed by atoms with van der Waals surface area (Å²) in [5.74, 6) is -1.36. The highest BCUT2D eigenvalue weighted by atomic mass is 16.4. The molecule has 0 aliphatic carbocycles. The van der Waals surface area contributed by atoms with Crippen LogP contribution in [0.4, 0.5) is 4.79 Å². The van der Waals surface area contributed by atoms with Crippen molar-refractivity contribution in [1.82, 2.24) is 10.2 Å². The number of urea groups is 1. The maximum atomic E-state index is 11.4. The number of carboxylic acids is 1. The van der Waals surface area contributed by atoms with E-state index in [1.807, 2.05) is 6.92 Å². The lowest BCUT2D eigenvalue weighted by molar-refractivity contribution is -0.141. The van der Waals surface area contributed by atoms with Gasteiger partial charge in [-0.3, -0.25) is 4.79 Å². The second-order valence-electron chi connectivity index (χ2n) is 3.55. The molecule has 2 N–H and O–H groups in total. The summed E-state index contributed by atoms with van der Waals surface area (Å²) in [6.07, 6.45) is 1.41. The zero-order valence-corrected chi connectivity index (χ0v) is 9.62. The van der Waals surface area contributed by atoms with Gasteiger partial charge in [0.1, 0.15) is 0 Å². The monoisotopic (exact) mass is 216 g/mol. The van der Waals surface area contributed by atoms with Crippen LogP contribution in [0, 0.1) is 5.92 Å². The molecule has 0 radical (unpaired) electrons. The Morgan fingerprint density at radius 1 is 1.40 bits per heavy atom. The number of hydrogen-bond acceptors (Lipinski definition) is 2. The summed E-state index contributed by atoms with van der Waals surface area (Å²) < 4.78 is 0. The summed E-state index contributed by atoms with van der Waals surface area (Å²) in [6.45, 7) is 4.64. The van der Waals surface area contributed by atoms with E-state index in [4.69, 9.17) is 5.11 Å². The van der Waals surface area contributed by atoms with Crippen LogP contribution in [-0.2, 0) is 4.79 Å². The Morgan fingerprint density at radius 3 is 2.40 bits per heavy atom. The summed E-state index contributed by atoms with van der Waals surface area (Å²) in [5.41, 5.74) is 0. The van der Waals surface area contributed by atoms with Gasteiger partial charge in [0.05, 0.1) is 5.92 Å². The molecule has 0 saturated heterocycles. The quantitative estimate of drug-likeness (QED) is 0.699. The summed E-state index contributed by atoms with van der Waals surface area (Å²) in [7, 11) is 1.69. The van der Waals surface area contributed by atoms with Crippen molar-refractivity contribution < 1.29 is 14.7 Å². The van der Waals surface area contributed by atoms with E-state index in [0.717, 1.165) is 6.42 Å². The van der Waals surface area contributed by atoms with Gasteiger partial charge < -0.3 is 15.3 Å². The predicted octanol–water partition coefficient (Wildman–Crippen LogP) is 1.15. The van der Waals surface area contributed by atoms with Crippen molar-refractivity contribution in [3.05, 3.63) is 0 Å². The minimum absolute atomic E-state index is 0.193. The predicted molar refractivity (Wildman–Crippen MR) is 57.7 cm³/mol. The maximum absolute atomic E-state index is 11.4. The Morgan fingerprint density at radius 2 is 2.00 bits per heavy atom. The first-order valence-electron chi connectivity index (χ1n) is 5.24. The number of rotatable bonds is 6. The fourth-order valence-corrected chi connectivity index (χ4v) is 1.19. The van der Waals surface area contributed by atoms with Gasteiger partial charge in [0, 0.05) is 20.1 Å². The molecular weight excluding hydrogens is 196 g/mol. The van der Waals surface area contributed by atoms with E-state index in [-0.39, 0.29) is 12.6 Å². The summed E-state index contributed by atoms with van der Waals surface area (Å²) in [4.78, 5) is 23.6. The lowest BCUT2D eigenvalue weighted by Crippen LogP contribution is -2.41. The molecule has 0 saturated carbocycles. The number of carboxylic acid groups (broad SMARTS) is 1. The number of carbonyl (C=O) groups is 2.